The second kappa shape index (κ2) is 6.99. The molecule has 108 valence electrons. The van der Waals surface area contributed by atoms with Crippen molar-refractivity contribution in [2.45, 2.75) is 33.4 Å². The van der Waals surface area contributed by atoms with E-state index in [2.05, 4.69) is 39.3 Å². The van der Waals surface area contributed by atoms with Crippen LogP contribution >= 0.6 is 15.9 Å². The van der Waals surface area contributed by atoms with E-state index < -0.39 is 0 Å². The molecule has 0 atom stereocenters. The van der Waals surface area contributed by atoms with Gasteiger partial charge in [0.2, 0.25) is 0 Å². The third-order valence-corrected chi connectivity index (χ3v) is 4.06. The van der Waals surface area contributed by atoms with Crippen LogP contribution in [-0.4, -0.2) is 16.3 Å². The van der Waals surface area contributed by atoms with Crippen LogP contribution < -0.4 is 5.32 Å². The van der Waals surface area contributed by atoms with Gasteiger partial charge in [-0.05, 0) is 60.4 Å². The van der Waals surface area contributed by atoms with Crippen LogP contribution in [0, 0.1) is 19.7 Å². The number of halogens is 2. The zero-order valence-corrected chi connectivity index (χ0v) is 13.4. The monoisotopic (exact) mass is 339 g/mol. The maximum absolute atomic E-state index is 13.3. The number of rotatable bonds is 6. The van der Waals surface area contributed by atoms with Crippen molar-refractivity contribution in [3.05, 3.63) is 51.5 Å². The van der Waals surface area contributed by atoms with Crippen molar-refractivity contribution in [1.29, 1.82) is 0 Å². The molecule has 0 spiro atoms. The maximum Gasteiger partial charge on any atom is 0.137 e. The summed E-state index contributed by atoms with van der Waals surface area (Å²) in [4.78, 5) is 0. The van der Waals surface area contributed by atoms with Crippen LogP contribution in [0.1, 0.15) is 23.4 Å². The molecule has 0 amide bonds. The Balaban J connectivity index is 1.74. The van der Waals surface area contributed by atoms with Crippen LogP contribution in [0.25, 0.3) is 0 Å². The van der Waals surface area contributed by atoms with Crippen molar-refractivity contribution in [1.82, 2.24) is 15.1 Å². The maximum atomic E-state index is 13.3. The lowest BCUT2D eigenvalue weighted by atomic mass is 10.2. The molecule has 1 N–H and O–H groups in total. The molecular weight excluding hydrogens is 321 g/mol. The van der Waals surface area contributed by atoms with E-state index in [1.165, 1.54) is 11.8 Å². The number of nitrogens with zero attached hydrogens (tertiary/aromatic N) is 2. The Morgan fingerprint density at radius 1 is 1.35 bits per heavy atom. The molecule has 20 heavy (non-hydrogen) atoms. The Morgan fingerprint density at radius 3 is 2.85 bits per heavy atom. The third kappa shape index (κ3) is 3.90. The highest BCUT2D eigenvalue weighted by atomic mass is 79.9. The standard InChI is InChI=1S/C15H19BrFN3/c1-11-9-12(2)20(19-11)8-4-7-18-10-13-5-3-6-14(17)15(13)16/h3,5-6,9,18H,4,7-8,10H2,1-2H3. The fraction of sp³-hybridized carbons (Fsp3) is 0.400. The van der Waals surface area contributed by atoms with E-state index in [-0.39, 0.29) is 5.82 Å². The summed E-state index contributed by atoms with van der Waals surface area (Å²) in [6.45, 7) is 6.51. The summed E-state index contributed by atoms with van der Waals surface area (Å²) >= 11 is 3.27. The predicted octanol–water partition coefficient (Wildman–Crippen LogP) is 3.58. The van der Waals surface area contributed by atoms with Gasteiger partial charge in [0.05, 0.1) is 10.2 Å². The fourth-order valence-corrected chi connectivity index (χ4v) is 2.57. The molecule has 2 aromatic rings. The second-order valence-electron chi connectivity index (χ2n) is 4.89. The van der Waals surface area contributed by atoms with Crippen LogP contribution in [0.4, 0.5) is 4.39 Å². The van der Waals surface area contributed by atoms with E-state index in [0.29, 0.717) is 11.0 Å². The molecule has 0 aliphatic rings. The number of aryl methyl sites for hydroxylation is 3. The number of nitrogens with one attached hydrogen (secondary N) is 1. The van der Waals surface area contributed by atoms with Gasteiger partial charge in [-0.25, -0.2) is 4.39 Å². The largest absolute Gasteiger partial charge is 0.313 e. The molecule has 0 aliphatic carbocycles. The first kappa shape index (κ1) is 15.2. The average molecular weight is 340 g/mol. The Bertz CT molecular complexity index is 580. The molecule has 0 bridgehead atoms. The molecule has 0 saturated carbocycles. The summed E-state index contributed by atoms with van der Waals surface area (Å²) in [5, 5.41) is 7.75. The molecule has 1 aromatic carbocycles. The summed E-state index contributed by atoms with van der Waals surface area (Å²) in [5.74, 6) is -0.216. The number of hydrogen-bond donors (Lipinski definition) is 1. The minimum atomic E-state index is -0.216. The van der Waals surface area contributed by atoms with Crippen LogP contribution in [0.5, 0.6) is 0 Å². The number of benzene rings is 1. The lowest BCUT2D eigenvalue weighted by molar-refractivity contribution is 0.530. The molecule has 2 rings (SSSR count). The Kier molecular flexibility index (Phi) is 5.31. The molecule has 0 saturated heterocycles. The predicted molar refractivity (Wildman–Crippen MR) is 82.1 cm³/mol. The average Bonchev–Trinajstić information content (AvgIpc) is 2.72. The molecule has 1 heterocycles. The van der Waals surface area contributed by atoms with Gasteiger partial charge < -0.3 is 5.32 Å². The van der Waals surface area contributed by atoms with Crippen molar-refractivity contribution in [3.8, 4) is 0 Å². The smallest absolute Gasteiger partial charge is 0.137 e. The SMILES string of the molecule is Cc1cc(C)n(CCCNCc2cccc(F)c2Br)n1. The van der Waals surface area contributed by atoms with Crippen LogP contribution in [0.2, 0.25) is 0 Å². The van der Waals surface area contributed by atoms with Crippen LogP contribution in [0.3, 0.4) is 0 Å². The van der Waals surface area contributed by atoms with E-state index >= 15 is 0 Å². The van der Waals surface area contributed by atoms with Crippen LogP contribution in [-0.2, 0) is 13.1 Å². The number of hydrogen-bond acceptors (Lipinski definition) is 2. The van der Waals surface area contributed by atoms with Crippen molar-refractivity contribution in [2.24, 2.45) is 0 Å². The molecule has 5 heteroatoms. The van der Waals surface area contributed by atoms with Gasteiger partial charge in [-0.15, -0.1) is 0 Å². The van der Waals surface area contributed by atoms with Gasteiger partial charge in [0.1, 0.15) is 5.82 Å². The highest BCUT2D eigenvalue weighted by Gasteiger charge is 2.04. The normalized spacial score (nSPS) is 11.0. The van der Waals surface area contributed by atoms with Gasteiger partial charge in [-0.3, -0.25) is 4.68 Å². The van der Waals surface area contributed by atoms with E-state index in [0.717, 1.165) is 30.8 Å². The lowest BCUT2D eigenvalue weighted by Gasteiger charge is -2.08. The molecule has 1 aromatic heterocycles. The highest BCUT2D eigenvalue weighted by molar-refractivity contribution is 9.10. The third-order valence-electron chi connectivity index (χ3n) is 3.17. The molecule has 3 nitrogen and oxygen atoms in total. The van der Waals surface area contributed by atoms with E-state index in [9.17, 15) is 4.39 Å². The summed E-state index contributed by atoms with van der Waals surface area (Å²) in [7, 11) is 0. The zero-order chi connectivity index (χ0) is 14.5. The van der Waals surface area contributed by atoms with Gasteiger partial charge in [0.15, 0.2) is 0 Å². The first-order valence-corrected chi connectivity index (χ1v) is 7.52. The van der Waals surface area contributed by atoms with Crippen molar-refractivity contribution >= 4 is 15.9 Å². The fourth-order valence-electron chi connectivity index (χ4n) is 2.16. The molecule has 0 fully saturated rings. The molecule has 0 unspecified atom stereocenters. The Labute approximate surface area is 127 Å². The van der Waals surface area contributed by atoms with Crippen molar-refractivity contribution in [2.75, 3.05) is 6.54 Å². The topological polar surface area (TPSA) is 29.9 Å². The Morgan fingerprint density at radius 2 is 2.15 bits per heavy atom. The van der Waals surface area contributed by atoms with E-state index in [1.807, 2.05) is 17.7 Å². The van der Waals surface area contributed by atoms with Gasteiger partial charge in [-0.2, -0.15) is 5.10 Å². The number of aromatic nitrogens is 2. The van der Waals surface area contributed by atoms with Crippen LogP contribution in [0.15, 0.2) is 28.7 Å². The summed E-state index contributed by atoms with van der Waals surface area (Å²) < 4.78 is 15.9. The zero-order valence-electron chi connectivity index (χ0n) is 11.8. The van der Waals surface area contributed by atoms with Gasteiger partial charge >= 0.3 is 0 Å². The highest BCUT2D eigenvalue weighted by Crippen LogP contribution is 2.19. The van der Waals surface area contributed by atoms with Crippen molar-refractivity contribution in [3.63, 3.8) is 0 Å². The van der Waals surface area contributed by atoms with Gasteiger partial charge in [0, 0.05) is 18.8 Å². The van der Waals surface area contributed by atoms with E-state index in [1.54, 1.807) is 6.07 Å². The molecule has 0 radical (unpaired) electrons. The molecule has 0 aliphatic heterocycles. The first-order chi connectivity index (χ1) is 9.58. The summed E-state index contributed by atoms with van der Waals surface area (Å²) in [5.41, 5.74) is 3.19. The minimum Gasteiger partial charge on any atom is -0.313 e. The van der Waals surface area contributed by atoms with Gasteiger partial charge in [-0.1, -0.05) is 12.1 Å². The minimum absolute atomic E-state index is 0.216. The quantitative estimate of drug-likeness (QED) is 0.815. The first-order valence-electron chi connectivity index (χ1n) is 6.72. The summed E-state index contributed by atoms with van der Waals surface area (Å²) in [6, 6.07) is 7.18. The lowest BCUT2D eigenvalue weighted by Crippen LogP contribution is -2.17. The Hall–Kier alpha value is -1.20. The van der Waals surface area contributed by atoms with Gasteiger partial charge in [0.25, 0.3) is 0 Å². The van der Waals surface area contributed by atoms with E-state index in [4.69, 9.17) is 0 Å². The summed E-state index contributed by atoms with van der Waals surface area (Å²) in [6.07, 6.45) is 0.995. The molecular formula is C15H19BrFN3. The van der Waals surface area contributed by atoms with Crippen molar-refractivity contribution < 1.29 is 4.39 Å². The second-order valence-corrected chi connectivity index (χ2v) is 5.69.